The van der Waals surface area contributed by atoms with Crippen molar-refractivity contribution in [2.45, 2.75) is 103 Å². The van der Waals surface area contributed by atoms with Crippen molar-refractivity contribution in [3.8, 4) is 5.75 Å². The minimum absolute atomic E-state index is 0.0262. The summed E-state index contributed by atoms with van der Waals surface area (Å²) in [5, 5.41) is 16.1. The number of benzene rings is 1. The summed E-state index contributed by atoms with van der Waals surface area (Å²) in [6.45, 7) is 4.48. The number of rotatable bonds is 7. The molecule has 9 nitrogen and oxygen atoms in total. The Morgan fingerprint density at radius 3 is 2.45 bits per heavy atom. The third kappa shape index (κ3) is 7.89. The molecule has 3 aliphatic rings. The quantitative estimate of drug-likeness (QED) is 0.463. The maximum absolute atomic E-state index is 13.5. The summed E-state index contributed by atoms with van der Waals surface area (Å²) in [4.78, 5) is 42.8. The summed E-state index contributed by atoms with van der Waals surface area (Å²) in [5.41, 5.74) is 1.34. The van der Waals surface area contributed by atoms with Crippen molar-refractivity contribution in [1.29, 1.82) is 0 Å². The first-order valence-corrected chi connectivity index (χ1v) is 15.3. The number of hydrogen-bond acceptors (Lipinski definition) is 5. The van der Waals surface area contributed by atoms with E-state index in [1.165, 1.54) is 12.8 Å². The van der Waals surface area contributed by atoms with E-state index in [2.05, 4.69) is 10.6 Å². The van der Waals surface area contributed by atoms with Crippen LogP contribution in [0, 0.1) is 11.8 Å². The molecule has 0 unspecified atom stereocenters. The number of likely N-dealkylation sites (N-methyl/N-ethyl adjacent to an activating group) is 1. The first kappa shape index (κ1) is 30.2. The highest BCUT2D eigenvalue weighted by atomic mass is 16.5. The lowest BCUT2D eigenvalue weighted by Crippen LogP contribution is -2.50. The molecule has 40 heavy (non-hydrogen) atoms. The van der Waals surface area contributed by atoms with E-state index in [1.807, 2.05) is 32.0 Å². The third-order valence-electron chi connectivity index (χ3n) is 8.89. The Kier molecular flexibility index (Phi) is 10.7. The summed E-state index contributed by atoms with van der Waals surface area (Å²) in [5.74, 6) is 0.443. The number of carbonyl (C=O) groups is 3. The summed E-state index contributed by atoms with van der Waals surface area (Å²) in [6, 6.07) is 5.24. The minimum atomic E-state index is -0.372. The minimum Gasteiger partial charge on any atom is -0.488 e. The van der Waals surface area contributed by atoms with Crippen molar-refractivity contribution in [2.75, 3.05) is 32.1 Å². The van der Waals surface area contributed by atoms with Gasteiger partial charge >= 0.3 is 6.03 Å². The standard InChI is InChI=1S/C31H48N4O5/c1-21-18-35(22(2)20-36)29(37)17-24-16-26(32-30(38)23-10-6-4-7-11-23)14-15-27(24)40-28(21)19-34(3)31(39)33-25-12-8-5-9-13-25/h14-16,21-23,25,28,36H,4-13,17-20H2,1-3H3,(H,32,38)(H,33,39)/t21-,22+,28+/m0/s1. The number of anilines is 1. The molecule has 4 amide bonds. The molecule has 4 rings (SSSR count). The number of carbonyl (C=O) groups excluding carboxylic acids is 3. The summed E-state index contributed by atoms with van der Waals surface area (Å²) >= 11 is 0. The number of aliphatic hydroxyl groups is 1. The van der Waals surface area contributed by atoms with Crippen LogP contribution in [0.1, 0.15) is 83.6 Å². The third-order valence-corrected chi connectivity index (χ3v) is 8.89. The first-order valence-electron chi connectivity index (χ1n) is 15.3. The predicted molar refractivity (Wildman–Crippen MR) is 155 cm³/mol. The molecule has 1 heterocycles. The number of nitrogens with zero attached hydrogens (tertiary/aromatic N) is 2. The Labute approximate surface area is 239 Å². The van der Waals surface area contributed by atoms with Gasteiger partial charge in [0.25, 0.3) is 0 Å². The molecule has 2 fully saturated rings. The van der Waals surface area contributed by atoms with Crippen LogP contribution >= 0.6 is 0 Å². The molecule has 3 N–H and O–H groups in total. The molecule has 2 saturated carbocycles. The zero-order valence-electron chi connectivity index (χ0n) is 24.5. The second-order valence-electron chi connectivity index (χ2n) is 12.2. The summed E-state index contributed by atoms with van der Waals surface area (Å²) in [6.07, 6.45) is 10.4. The molecule has 1 aromatic carbocycles. The summed E-state index contributed by atoms with van der Waals surface area (Å²) < 4.78 is 6.55. The van der Waals surface area contributed by atoms with Crippen LogP contribution in [0.25, 0.3) is 0 Å². The van der Waals surface area contributed by atoms with E-state index in [0.717, 1.165) is 51.4 Å². The number of aliphatic hydroxyl groups excluding tert-OH is 1. The zero-order valence-corrected chi connectivity index (χ0v) is 24.5. The highest BCUT2D eigenvalue weighted by molar-refractivity contribution is 5.93. The molecule has 1 aliphatic heterocycles. The van der Waals surface area contributed by atoms with Gasteiger partial charge in [-0.1, -0.05) is 45.4 Å². The van der Waals surface area contributed by atoms with E-state index in [9.17, 15) is 19.5 Å². The zero-order chi connectivity index (χ0) is 28.6. The molecule has 2 aliphatic carbocycles. The van der Waals surface area contributed by atoms with Gasteiger partial charge in [-0.3, -0.25) is 9.59 Å². The fourth-order valence-corrected chi connectivity index (χ4v) is 6.22. The molecule has 1 aromatic rings. The van der Waals surface area contributed by atoms with E-state index >= 15 is 0 Å². The van der Waals surface area contributed by atoms with E-state index in [4.69, 9.17) is 4.74 Å². The Hall–Kier alpha value is -2.81. The molecular formula is C31H48N4O5. The molecule has 0 radical (unpaired) electrons. The fraction of sp³-hybridized carbons (Fsp3) is 0.710. The number of ether oxygens (including phenoxy) is 1. The molecule has 0 saturated heterocycles. The van der Waals surface area contributed by atoms with E-state index in [1.54, 1.807) is 16.8 Å². The predicted octanol–water partition coefficient (Wildman–Crippen LogP) is 4.33. The average molecular weight is 557 g/mol. The maximum atomic E-state index is 13.5. The summed E-state index contributed by atoms with van der Waals surface area (Å²) in [7, 11) is 1.78. The monoisotopic (exact) mass is 556 g/mol. The van der Waals surface area contributed by atoms with Crippen LogP contribution in [-0.2, 0) is 16.0 Å². The lowest BCUT2D eigenvalue weighted by atomic mass is 9.88. The second-order valence-corrected chi connectivity index (χ2v) is 12.2. The first-order chi connectivity index (χ1) is 19.2. The molecular weight excluding hydrogens is 508 g/mol. The van der Waals surface area contributed by atoms with Crippen LogP contribution in [0.4, 0.5) is 10.5 Å². The van der Waals surface area contributed by atoms with Crippen LogP contribution in [0.3, 0.4) is 0 Å². The maximum Gasteiger partial charge on any atom is 0.317 e. The number of nitrogens with one attached hydrogen (secondary N) is 2. The van der Waals surface area contributed by atoms with Gasteiger partial charge in [-0.2, -0.15) is 0 Å². The van der Waals surface area contributed by atoms with Crippen LogP contribution in [-0.4, -0.2) is 77.7 Å². The van der Waals surface area contributed by atoms with Gasteiger partial charge in [-0.05, 0) is 50.8 Å². The Morgan fingerprint density at radius 2 is 1.77 bits per heavy atom. The number of fused-ring (bicyclic) bond motifs is 1. The molecule has 0 spiro atoms. The van der Waals surface area contributed by atoms with Crippen molar-refractivity contribution in [1.82, 2.24) is 15.1 Å². The van der Waals surface area contributed by atoms with Crippen molar-refractivity contribution < 1.29 is 24.2 Å². The van der Waals surface area contributed by atoms with Crippen LogP contribution in [0.2, 0.25) is 0 Å². The van der Waals surface area contributed by atoms with Crippen molar-refractivity contribution in [3.05, 3.63) is 23.8 Å². The van der Waals surface area contributed by atoms with Crippen LogP contribution in [0.5, 0.6) is 5.75 Å². The van der Waals surface area contributed by atoms with Crippen molar-refractivity contribution in [3.63, 3.8) is 0 Å². The SMILES string of the molecule is C[C@H](CO)N1C[C@H](C)[C@@H](CN(C)C(=O)NC2CCCCC2)Oc2ccc(NC(=O)C3CCCCC3)cc2CC1=O. The molecule has 9 heteroatoms. The van der Waals surface area contributed by atoms with Gasteiger partial charge in [-0.15, -0.1) is 0 Å². The average Bonchev–Trinajstić information content (AvgIpc) is 3.01. The van der Waals surface area contributed by atoms with Crippen molar-refractivity contribution >= 4 is 23.5 Å². The van der Waals surface area contributed by atoms with E-state index in [0.29, 0.717) is 30.1 Å². The topological polar surface area (TPSA) is 111 Å². The Balaban J connectivity index is 1.53. The van der Waals surface area contributed by atoms with Crippen LogP contribution < -0.4 is 15.4 Å². The number of hydrogen-bond donors (Lipinski definition) is 3. The molecule has 3 atom stereocenters. The van der Waals surface area contributed by atoms with Gasteiger partial charge in [0.2, 0.25) is 11.8 Å². The van der Waals surface area contributed by atoms with E-state index in [-0.39, 0.29) is 60.9 Å². The number of urea groups is 1. The van der Waals surface area contributed by atoms with Crippen molar-refractivity contribution in [2.24, 2.45) is 11.8 Å². The smallest absolute Gasteiger partial charge is 0.317 e. The highest BCUT2D eigenvalue weighted by Crippen LogP contribution is 2.31. The lowest BCUT2D eigenvalue weighted by Gasteiger charge is -2.34. The van der Waals surface area contributed by atoms with Gasteiger partial charge in [0.05, 0.1) is 25.6 Å². The van der Waals surface area contributed by atoms with E-state index < -0.39 is 0 Å². The van der Waals surface area contributed by atoms with Gasteiger partial charge in [0, 0.05) is 42.7 Å². The highest BCUT2D eigenvalue weighted by Gasteiger charge is 2.32. The molecule has 0 aromatic heterocycles. The van der Waals surface area contributed by atoms with Gasteiger partial charge < -0.3 is 30.3 Å². The normalized spacial score (nSPS) is 23.6. The number of amides is 4. The van der Waals surface area contributed by atoms with Gasteiger partial charge in [0.15, 0.2) is 0 Å². The Morgan fingerprint density at radius 1 is 1.10 bits per heavy atom. The molecule has 0 bridgehead atoms. The lowest BCUT2D eigenvalue weighted by molar-refractivity contribution is -0.134. The molecule has 222 valence electrons. The van der Waals surface area contributed by atoms with Crippen LogP contribution in [0.15, 0.2) is 18.2 Å². The second kappa shape index (κ2) is 14.2. The largest absolute Gasteiger partial charge is 0.488 e. The van der Waals surface area contributed by atoms with Gasteiger partial charge in [-0.25, -0.2) is 4.79 Å². The Bertz CT molecular complexity index is 1020. The fourth-order valence-electron chi connectivity index (χ4n) is 6.22. The van der Waals surface area contributed by atoms with Gasteiger partial charge in [0.1, 0.15) is 11.9 Å².